The maximum absolute atomic E-state index is 12.2. The van der Waals surface area contributed by atoms with Crippen molar-refractivity contribution in [3.63, 3.8) is 0 Å². The monoisotopic (exact) mass is 317 g/mol. The molecule has 0 aliphatic heterocycles. The molecule has 2 aromatic carbocycles. The topological polar surface area (TPSA) is 55.4 Å². The van der Waals surface area contributed by atoms with Gasteiger partial charge in [-0.15, -0.1) is 0 Å². The van der Waals surface area contributed by atoms with E-state index in [2.05, 4.69) is 5.32 Å². The number of aryl methyl sites for hydroxylation is 1. The third kappa shape index (κ3) is 3.86. The molecule has 2 rings (SSSR count). The molecule has 1 N–H and O–H groups in total. The number of carbonyl (C=O) groups excluding carboxylic acids is 2. The van der Waals surface area contributed by atoms with Crippen LogP contribution in [0.15, 0.2) is 42.5 Å². The van der Waals surface area contributed by atoms with Gasteiger partial charge in [-0.25, -0.2) is 4.79 Å². The molecule has 1 amide bonds. The lowest BCUT2D eigenvalue weighted by Gasteiger charge is -2.09. The van der Waals surface area contributed by atoms with Gasteiger partial charge in [0.05, 0.1) is 22.9 Å². The van der Waals surface area contributed by atoms with Crippen LogP contribution in [0.4, 0.5) is 5.69 Å². The van der Waals surface area contributed by atoms with Crippen molar-refractivity contribution in [2.45, 2.75) is 13.8 Å². The smallest absolute Gasteiger partial charge is 0.338 e. The van der Waals surface area contributed by atoms with Crippen LogP contribution in [-0.4, -0.2) is 18.5 Å². The number of amides is 1. The lowest BCUT2D eigenvalue weighted by Crippen LogP contribution is -2.13. The van der Waals surface area contributed by atoms with Crippen molar-refractivity contribution in [3.8, 4) is 0 Å². The second-order valence-corrected chi connectivity index (χ2v) is 5.15. The number of nitrogens with one attached hydrogen (secondary N) is 1. The van der Waals surface area contributed by atoms with Gasteiger partial charge < -0.3 is 10.1 Å². The molecule has 0 heterocycles. The Labute approximate surface area is 134 Å². The molecule has 0 saturated heterocycles. The minimum Gasteiger partial charge on any atom is -0.462 e. The Kier molecular flexibility index (Phi) is 5.17. The molecule has 0 aliphatic rings. The minimum absolute atomic E-state index is 0.255. The molecule has 0 atom stereocenters. The van der Waals surface area contributed by atoms with Crippen molar-refractivity contribution in [2.24, 2.45) is 0 Å². The highest BCUT2D eigenvalue weighted by molar-refractivity contribution is 6.34. The van der Waals surface area contributed by atoms with E-state index in [0.29, 0.717) is 23.4 Å². The first-order valence-corrected chi connectivity index (χ1v) is 7.23. The highest BCUT2D eigenvalue weighted by atomic mass is 35.5. The Balaban J connectivity index is 2.16. The van der Waals surface area contributed by atoms with Gasteiger partial charge in [-0.1, -0.05) is 29.3 Å². The van der Waals surface area contributed by atoms with Gasteiger partial charge in [-0.05, 0) is 44.2 Å². The fourth-order valence-electron chi connectivity index (χ4n) is 1.94. The van der Waals surface area contributed by atoms with Gasteiger partial charge >= 0.3 is 5.97 Å². The first-order valence-electron chi connectivity index (χ1n) is 6.86. The molecule has 0 saturated carbocycles. The summed E-state index contributed by atoms with van der Waals surface area (Å²) in [5.41, 5.74) is 2.34. The largest absolute Gasteiger partial charge is 0.462 e. The van der Waals surface area contributed by atoms with Crippen LogP contribution in [0.3, 0.4) is 0 Å². The maximum Gasteiger partial charge on any atom is 0.338 e. The summed E-state index contributed by atoms with van der Waals surface area (Å²) in [6, 6.07) is 11.9. The SMILES string of the molecule is CCOC(=O)c1ccc(NC(=O)c2cccc(C)c2)c(Cl)c1. The van der Waals surface area contributed by atoms with Crippen LogP contribution in [-0.2, 0) is 4.74 Å². The van der Waals surface area contributed by atoms with Crippen LogP contribution >= 0.6 is 11.6 Å². The van der Waals surface area contributed by atoms with Gasteiger partial charge in [0.15, 0.2) is 0 Å². The summed E-state index contributed by atoms with van der Waals surface area (Å²) in [6.07, 6.45) is 0. The van der Waals surface area contributed by atoms with Crippen LogP contribution in [0.25, 0.3) is 0 Å². The molecule has 0 bridgehead atoms. The van der Waals surface area contributed by atoms with Crippen LogP contribution in [0.5, 0.6) is 0 Å². The second kappa shape index (κ2) is 7.09. The van der Waals surface area contributed by atoms with Crippen LogP contribution in [0.2, 0.25) is 5.02 Å². The standard InChI is InChI=1S/C17H16ClNO3/c1-3-22-17(21)13-7-8-15(14(18)10-13)19-16(20)12-6-4-5-11(2)9-12/h4-10H,3H2,1-2H3,(H,19,20). The Hall–Kier alpha value is -2.33. The van der Waals surface area contributed by atoms with Gasteiger partial charge in [0.25, 0.3) is 5.91 Å². The number of hydrogen-bond acceptors (Lipinski definition) is 3. The van der Waals surface area contributed by atoms with E-state index in [1.54, 1.807) is 31.2 Å². The molecule has 22 heavy (non-hydrogen) atoms. The van der Waals surface area contributed by atoms with Gasteiger partial charge in [0, 0.05) is 5.56 Å². The molecule has 0 radical (unpaired) electrons. The zero-order valence-corrected chi connectivity index (χ0v) is 13.1. The molecule has 0 aliphatic carbocycles. The normalized spacial score (nSPS) is 10.1. The molecular weight excluding hydrogens is 302 g/mol. The molecule has 0 fully saturated rings. The van der Waals surface area contributed by atoms with Crippen LogP contribution in [0, 0.1) is 6.92 Å². The number of rotatable bonds is 4. The van der Waals surface area contributed by atoms with Crippen LogP contribution < -0.4 is 5.32 Å². The third-order valence-corrected chi connectivity index (χ3v) is 3.32. The number of carbonyl (C=O) groups is 2. The van der Waals surface area contributed by atoms with Gasteiger partial charge in [-0.3, -0.25) is 4.79 Å². The van der Waals surface area contributed by atoms with Crippen molar-refractivity contribution in [2.75, 3.05) is 11.9 Å². The molecule has 0 aromatic heterocycles. The highest BCUT2D eigenvalue weighted by Crippen LogP contribution is 2.24. The van der Waals surface area contributed by atoms with Crippen LogP contribution in [0.1, 0.15) is 33.2 Å². The first kappa shape index (κ1) is 16.0. The molecule has 4 nitrogen and oxygen atoms in total. The fourth-order valence-corrected chi connectivity index (χ4v) is 2.17. The van der Waals surface area contributed by atoms with E-state index in [4.69, 9.17) is 16.3 Å². The predicted octanol–water partition coefficient (Wildman–Crippen LogP) is 4.08. The number of halogens is 1. The van der Waals surface area contributed by atoms with Crippen molar-refractivity contribution >= 4 is 29.2 Å². The van der Waals surface area contributed by atoms with E-state index in [0.717, 1.165) is 5.56 Å². The van der Waals surface area contributed by atoms with Gasteiger partial charge in [-0.2, -0.15) is 0 Å². The maximum atomic E-state index is 12.2. The number of anilines is 1. The fraction of sp³-hybridized carbons (Fsp3) is 0.176. The van der Waals surface area contributed by atoms with Gasteiger partial charge in [0.2, 0.25) is 0 Å². The third-order valence-electron chi connectivity index (χ3n) is 3.01. The summed E-state index contributed by atoms with van der Waals surface area (Å²) in [4.78, 5) is 23.8. The summed E-state index contributed by atoms with van der Waals surface area (Å²) in [7, 11) is 0. The molecule has 0 unspecified atom stereocenters. The van der Waals surface area contributed by atoms with E-state index >= 15 is 0 Å². The molecule has 5 heteroatoms. The zero-order chi connectivity index (χ0) is 16.1. The molecule has 0 spiro atoms. The van der Waals surface area contributed by atoms with E-state index in [-0.39, 0.29) is 10.9 Å². The lowest BCUT2D eigenvalue weighted by atomic mass is 10.1. The summed E-state index contributed by atoms with van der Waals surface area (Å²) in [5, 5.41) is 3.01. The lowest BCUT2D eigenvalue weighted by molar-refractivity contribution is 0.0526. The Bertz CT molecular complexity index is 713. The Morgan fingerprint density at radius 1 is 1.14 bits per heavy atom. The van der Waals surface area contributed by atoms with Crippen molar-refractivity contribution < 1.29 is 14.3 Å². The van der Waals surface area contributed by atoms with E-state index in [1.165, 1.54) is 6.07 Å². The summed E-state index contributed by atoms with van der Waals surface area (Å²) >= 11 is 6.11. The number of ether oxygens (including phenoxy) is 1. The molecule has 114 valence electrons. The van der Waals surface area contributed by atoms with Crippen molar-refractivity contribution in [1.82, 2.24) is 0 Å². The Morgan fingerprint density at radius 3 is 2.55 bits per heavy atom. The number of hydrogen-bond donors (Lipinski definition) is 1. The predicted molar refractivity (Wildman–Crippen MR) is 86.5 cm³/mol. The number of esters is 1. The number of benzene rings is 2. The second-order valence-electron chi connectivity index (χ2n) is 4.74. The van der Waals surface area contributed by atoms with E-state index in [1.807, 2.05) is 19.1 Å². The first-order chi connectivity index (χ1) is 10.5. The van der Waals surface area contributed by atoms with E-state index in [9.17, 15) is 9.59 Å². The summed E-state index contributed by atoms with van der Waals surface area (Å²) < 4.78 is 4.90. The highest BCUT2D eigenvalue weighted by Gasteiger charge is 2.12. The van der Waals surface area contributed by atoms with Crippen molar-refractivity contribution in [3.05, 3.63) is 64.2 Å². The van der Waals surface area contributed by atoms with Gasteiger partial charge in [0.1, 0.15) is 0 Å². The quantitative estimate of drug-likeness (QED) is 0.864. The summed E-state index contributed by atoms with van der Waals surface area (Å²) in [5.74, 6) is -0.699. The average Bonchev–Trinajstić information content (AvgIpc) is 2.49. The zero-order valence-electron chi connectivity index (χ0n) is 12.4. The minimum atomic E-state index is -0.444. The Morgan fingerprint density at radius 2 is 1.91 bits per heavy atom. The summed E-state index contributed by atoms with van der Waals surface area (Å²) in [6.45, 7) is 3.94. The van der Waals surface area contributed by atoms with Crippen molar-refractivity contribution in [1.29, 1.82) is 0 Å². The molecular formula is C17H16ClNO3. The average molecular weight is 318 g/mol. The van der Waals surface area contributed by atoms with E-state index < -0.39 is 5.97 Å². The molecule has 2 aromatic rings.